The van der Waals surface area contributed by atoms with Gasteiger partial charge in [0.25, 0.3) is 0 Å². The second kappa shape index (κ2) is 8.51. The molecule has 0 fully saturated rings. The number of hydrogen-bond donors (Lipinski definition) is 0. The van der Waals surface area contributed by atoms with Crippen molar-refractivity contribution in [3.05, 3.63) is 34.3 Å². The highest BCUT2D eigenvalue weighted by Gasteiger charge is 2.09. The van der Waals surface area contributed by atoms with Gasteiger partial charge in [-0.15, -0.1) is 11.6 Å². The molecule has 0 bridgehead atoms. The van der Waals surface area contributed by atoms with Gasteiger partial charge in [0.05, 0.1) is 19.6 Å². The Bertz CT molecular complexity index is 387. The van der Waals surface area contributed by atoms with Crippen LogP contribution in [0.3, 0.4) is 0 Å². The molecule has 0 N–H and O–H groups in total. The number of nitrogens with zero attached hydrogens (tertiary/aromatic N) is 1. The minimum atomic E-state index is 0.0857. The van der Waals surface area contributed by atoms with E-state index in [0.717, 1.165) is 10.0 Å². The summed E-state index contributed by atoms with van der Waals surface area (Å²) in [6.07, 6.45) is 0.408. The molecule has 1 amide bonds. The largest absolute Gasteiger partial charge is 0.378 e. The molecule has 0 unspecified atom stereocenters. The number of amides is 1. The summed E-state index contributed by atoms with van der Waals surface area (Å²) in [6.45, 7) is 1.63. The maximum absolute atomic E-state index is 11.9. The Hall–Kier alpha value is -0.580. The quantitative estimate of drug-likeness (QED) is 0.567. The first-order chi connectivity index (χ1) is 8.63. The SMILES string of the molecule is CN(CCOCCCl)C(=O)Cc1cccc(Br)c1. The third-order valence-corrected chi connectivity index (χ3v) is 3.11. The van der Waals surface area contributed by atoms with Crippen LogP contribution < -0.4 is 0 Å². The average Bonchev–Trinajstić information content (AvgIpc) is 2.34. The molecule has 1 aromatic rings. The van der Waals surface area contributed by atoms with E-state index in [4.69, 9.17) is 16.3 Å². The molecule has 100 valence electrons. The summed E-state index contributed by atoms with van der Waals surface area (Å²) in [7, 11) is 1.78. The number of alkyl halides is 1. The summed E-state index contributed by atoms with van der Waals surface area (Å²) in [5.74, 6) is 0.568. The van der Waals surface area contributed by atoms with Gasteiger partial charge >= 0.3 is 0 Å². The van der Waals surface area contributed by atoms with E-state index in [-0.39, 0.29) is 5.91 Å². The maximum atomic E-state index is 11.9. The van der Waals surface area contributed by atoms with Crippen molar-refractivity contribution in [1.29, 1.82) is 0 Å². The van der Waals surface area contributed by atoms with E-state index >= 15 is 0 Å². The summed E-state index contributed by atoms with van der Waals surface area (Å²) in [6, 6.07) is 7.77. The van der Waals surface area contributed by atoms with E-state index in [1.54, 1.807) is 11.9 Å². The Morgan fingerprint density at radius 3 is 2.89 bits per heavy atom. The van der Waals surface area contributed by atoms with Gasteiger partial charge in [0.1, 0.15) is 0 Å². The van der Waals surface area contributed by atoms with Crippen molar-refractivity contribution in [3.8, 4) is 0 Å². The van der Waals surface area contributed by atoms with Crippen LogP contribution in [-0.4, -0.2) is 43.5 Å². The summed E-state index contributed by atoms with van der Waals surface area (Å²) in [5, 5.41) is 0. The number of carbonyl (C=O) groups is 1. The molecule has 0 aliphatic carbocycles. The van der Waals surface area contributed by atoms with Crippen molar-refractivity contribution in [2.45, 2.75) is 6.42 Å². The highest BCUT2D eigenvalue weighted by atomic mass is 79.9. The van der Waals surface area contributed by atoms with E-state index in [1.807, 2.05) is 24.3 Å². The third kappa shape index (κ3) is 5.85. The van der Waals surface area contributed by atoms with E-state index in [2.05, 4.69) is 15.9 Å². The molecule has 3 nitrogen and oxygen atoms in total. The number of carbonyl (C=O) groups excluding carboxylic acids is 1. The highest BCUT2D eigenvalue weighted by molar-refractivity contribution is 9.10. The zero-order valence-corrected chi connectivity index (χ0v) is 12.7. The monoisotopic (exact) mass is 333 g/mol. The van der Waals surface area contributed by atoms with Crippen molar-refractivity contribution in [1.82, 2.24) is 4.90 Å². The van der Waals surface area contributed by atoms with Crippen molar-refractivity contribution < 1.29 is 9.53 Å². The fourth-order valence-electron chi connectivity index (χ4n) is 1.44. The molecule has 18 heavy (non-hydrogen) atoms. The topological polar surface area (TPSA) is 29.5 Å². The van der Waals surface area contributed by atoms with Crippen molar-refractivity contribution in [2.24, 2.45) is 0 Å². The normalized spacial score (nSPS) is 10.4. The highest BCUT2D eigenvalue weighted by Crippen LogP contribution is 2.12. The van der Waals surface area contributed by atoms with Gasteiger partial charge < -0.3 is 9.64 Å². The summed E-state index contributed by atoms with van der Waals surface area (Å²) < 4.78 is 6.23. The van der Waals surface area contributed by atoms with Crippen molar-refractivity contribution >= 4 is 33.4 Å². The Balaban J connectivity index is 2.35. The van der Waals surface area contributed by atoms with Crippen LogP contribution in [0.4, 0.5) is 0 Å². The molecule has 0 saturated carbocycles. The van der Waals surface area contributed by atoms with Gasteiger partial charge in [-0.05, 0) is 17.7 Å². The Labute approximate surface area is 121 Å². The number of hydrogen-bond acceptors (Lipinski definition) is 2. The summed E-state index contributed by atoms with van der Waals surface area (Å²) in [4.78, 5) is 13.6. The van der Waals surface area contributed by atoms with Gasteiger partial charge in [-0.25, -0.2) is 0 Å². The molecule has 0 atom stereocenters. The van der Waals surface area contributed by atoms with E-state index < -0.39 is 0 Å². The number of likely N-dealkylation sites (N-methyl/N-ethyl adjacent to an activating group) is 1. The first kappa shape index (κ1) is 15.5. The molecular formula is C13H17BrClNO2. The van der Waals surface area contributed by atoms with Crippen LogP contribution in [0.2, 0.25) is 0 Å². The maximum Gasteiger partial charge on any atom is 0.226 e. The molecule has 0 aliphatic rings. The first-order valence-corrected chi connectivity index (χ1v) is 7.08. The second-order valence-electron chi connectivity index (χ2n) is 3.92. The molecule has 0 saturated heterocycles. The first-order valence-electron chi connectivity index (χ1n) is 5.75. The number of ether oxygens (including phenoxy) is 1. The lowest BCUT2D eigenvalue weighted by atomic mass is 10.1. The van der Waals surface area contributed by atoms with Crippen molar-refractivity contribution in [3.63, 3.8) is 0 Å². The zero-order chi connectivity index (χ0) is 13.4. The van der Waals surface area contributed by atoms with Gasteiger partial charge in [-0.3, -0.25) is 4.79 Å². The smallest absolute Gasteiger partial charge is 0.226 e. The molecular weight excluding hydrogens is 318 g/mol. The van der Waals surface area contributed by atoms with Gasteiger partial charge in [0.15, 0.2) is 0 Å². The van der Waals surface area contributed by atoms with Crippen LogP contribution >= 0.6 is 27.5 Å². The summed E-state index contributed by atoms with van der Waals surface area (Å²) >= 11 is 8.88. The molecule has 0 radical (unpaired) electrons. The summed E-state index contributed by atoms with van der Waals surface area (Å²) in [5.41, 5.74) is 1.00. The fourth-order valence-corrected chi connectivity index (χ4v) is 2.00. The Morgan fingerprint density at radius 2 is 2.22 bits per heavy atom. The van der Waals surface area contributed by atoms with E-state index in [9.17, 15) is 4.79 Å². The zero-order valence-electron chi connectivity index (χ0n) is 10.4. The van der Waals surface area contributed by atoms with Gasteiger partial charge in [0, 0.05) is 23.9 Å². The van der Waals surface area contributed by atoms with Crippen LogP contribution in [0, 0.1) is 0 Å². The van der Waals surface area contributed by atoms with Crippen LogP contribution in [0.25, 0.3) is 0 Å². The lowest BCUT2D eigenvalue weighted by molar-refractivity contribution is -0.129. The Morgan fingerprint density at radius 1 is 1.44 bits per heavy atom. The van der Waals surface area contributed by atoms with Crippen LogP contribution in [0.5, 0.6) is 0 Å². The third-order valence-electron chi connectivity index (χ3n) is 2.46. The molecule has 0 aromatic heterocycles. The lowest BCUT2D eigenvalue weighted by Crippen LogP contribution is -2.31. The fraction of sp³-hybridized carbons (Fsp3) is 0.462. The van der Waals surface area contributed by atoms with Crippen LogP contribution in [0.1, 0.15) is 5.56 Å². The minimum Gasteiger partial charge on any atom is -0.378 e. The van der Waals surface area contributed by atoms with E-state index in [0.29, 0.717) is 32.1 Å². The predicted molar refractivity (Wildman–Crippen MR) is 77.0 cm³/mol. The molecule has 0 heterocycles. The molecule has 0 aliphatic heterocycles. The number of halogens is 2. The number of rotatable bonds is 7. The number of benzene rings is 1. The predicted octanol–water partition coefficient (Wildman–Crippen LogP) is 2.71. The molecule has 1 aromatic carbocycles. The van der Waals surface area contributed by atoms with Gasteiger partial charge in [-0.1, -0.05) is 28.1 Å². The standard InChI is InChI=1S/C13H17BrClNO2/c1-16(6-8-18-7-5-15)13(17)10-11-3-2-4-12(14)9-11/h2-4,9H,5-8,10H2,1H3. The van der Waals surface area contributed by atoms with Crippen LogP contribution in [0.15, 0.2) is 28.7 Å². The minimum absolute atomic E-state index is 0.0857. The lowest BCUT2D eigenvalue weighted by Gasteiger charge is -2.17. The van der Waals surface area contributed by atoms with Gasteiger partial charge in [0.2, 0.25) is 5.91 Å². The molecule has 0 spiro atoms. The van der Waals surface area contributed by atoms with E-state index in [1.165, 1.54) is 0 Å². The van der Waals surface area contributed by atoms with Gasteiger partial charge in [-0.2, -0.15) is 0 Å². The Kier molecular flexibility index (Phi) is 7.32. The molecule has 1 rings (SSSR count). The van der Waals surface area contributed by atoms with Crippen LogP contribution in [-0.2, 0) is 16.0 Å². The van der Waals surface area contributed by atoms with Crippen molar-refractivity contribution in [2.75, 3.05) is 32.7 Å². The second-order valence-corrected chi connectivity index (χ2v) is 5.22. The average molecular weight is 335 g/mol. The molecule has 5 heteroatoms.